The van der Waals surface area contributed by atoms with E-state index in [1.165, 1.54) is 11.1 Å². The number of ether oxygens (including phenoxy) is 2. The van der Waals surface area contributed by atoms with Gasteiger partial charge in [-0.3, -0.25) is 4.90 Å². The van der Waals surface area contributed by atoms with Crippen LogP contribution in [0.5, 0.6) is 5.75 Å². The number of rotatable bonds is 11. The zero-order chi connectivity index (χ0) is 22.7. The van der Waals surface area contributed by atoms with Gasteiger partial charge in [0.2, 0.25) is 0 Å². The molecule has 0 unspecified atom stereocenters. The Balaban J connectivity index is 1.87. The van der Waals surface area contributed by atoms with Crippen LogP contribution in [0.4, 0.5) is 0 Å². The summed E-state index contributed by atoms with van der Waals surface area (Å²) in [6.07, 6.45) is 4.10. The van der Waals surface area contributed by atoms with Gasteiger partial charge in [0.1, 0.15) is 11.4 Å². The monoisotopic (exact) mass is 439 g/mol. The Labute approximate surface area is 193 Å². The fourth-order valence-corrected chi connectivity index (χ4v) is 3.58. The highest BCUT2D eigenvalue weighted by molar-refractivity contribution is 7.07. The summed E-state index contributed by atoms with van der Waals surface area (Å²) in [6, 6.07) is 10.5. The van der Waals surface area contributed by atoms with E-state index in [9.17, 15) is 0 Å². The quantitative estimate of drug-likeness (QED) is 0.371. The van der Waals surface area contributed by atoms with Gasteiger partial charge in [-0.2, -0.15) is 11.3 Å². The average Bonchev–Trinajstić information content (AvgIpc) is 3.19. The predicted octanol–water partition coefficient (Wildman–Crippen LogP) is 6.55. The first kappa shape index (κ1) is 25.2. The lowest BCUT2D eigenvalue weighted by atomic mass is 9.98. The third kappa shape index (κ3) is 10.7. The molecule has 0 saturated carbocycles. The van der Waals surface area contributed by atoms with E-state index in [0.717, 1.165) is 25.4 Å². The third-order valence-electron chi connectivity index (χ3n) is 4.46. The molecule has 2 rings (SSSR count). The number of likely N-dealkylation sites (N-methyl/N-ethyl adjacent to an activating group) is 1. The normalized spacial score (nSPS) is 12.2. The summed E-state index contributed by atoms with van der Waals surface area (Å²) in [5.74, 6) is 7.25. The minimum atomic E-state index is -0.395. The van der Waals surface area contributed by atoms with Crippen LogP contribution in [0.25, 0.3) is 0 Å². The first-order valence-corrected chi connectivity index (χ1v) is 11.9. The molecule has 0 saturated heterocycles. The van der Waals surface area contributed by atoms with E-state index in [2.05, 4.69) is 99.4 Å². The van der Waals surface area contributed by atoms with Gasteiger partial charge >= 0.3 is 0 Å². The number of hydrogen-bond acceptors (Lipinski definition) is 4. The molecule has 3 nitrogen and oxygen atoms in total. The maximum atomic E-state index is 6.25. The van der Waals surface area contributed by atoms with Gasteiger partial charge in [-0.25, -0.2) is 0 Å². The van der Waals surface area contributed by atoms with Crippen LogP contribution in [0.1, 0.15) is 52.7 Å². The molecule has 0 fully saturated rings. The Hall–Kier alpha value is -2.06. The van der Waals surface area contributed by atoms with Crippen molar-refractivity contribution < 1.29 is 9.47 Å². The Bertz CT molecular complexity index is 867. The highest BCUT2D eigenvalue weighted by atomic mass is 32.1. The molecule has 1 aromatic heterocycles. The third-order valence-corrected chi connectivity index (χ3v) is 5.19. The average molecular weight is 440 g/mol. The van der Waals surface area contributed by atoms with Crippen molar-refractivity contribution in [3.63, 3.8) is 0 Å². The van der Waals surface area contributed by atoms with Crippen LogP contribution in [0.15, 0.2) is 53.2 Å². The molecule has 0 spiro atoms. The minimum absolute atomic E-state index is 0.0396. The molecule has 1 heterocycles. The predicted molar refractivity (Wildman–Crippen MR) is 132 cm³/mol. The lowest BCUT2D eigenvalue weighted by Gasteiger charge is -2.27. The van der Waals surface area contributed by atoms with E-state index in [1.807, 2.05) is 12.1 Å². The van der Waals surface area contributed by atoms with Gasteiger partial charge in [0.15, 0.2) is 0 Å². The highest BCUT2D eigenvalue weighted by Gasteiger charge is 2.20. The molecule has 2 aromatic rings. The zero-order valence-corrected chi connectivity index (χ0v) is 20.7. The van der Waals surface area contributed by atoms with Crippen LogP contribution >= 0.6 is 11.3 Å². The van der Waals surface area contributed by atoms with Crippen LogP contribution in [-0.4, -0.2) is 30.2 Å². The number of allylic oxidation sites excluding steroid dienone is 1. The van der Waals surface area contributed by atoms with Crippen LogP contribution in [0.2, 0.25) is 0 Å². The van der Waals surface area contributed by atoms with Gasteiger partial charge in [-0.1, -0.05) is 37.0 Å². The molecule has 31 heavy (non-hydrogen) atoms. The van der Waals surface area contributed by atoms with E-state index in [1.54, 1.807) is 11.3 Å². The van der Waals surface area contributed by atoms with Crippen molar-refractivity contribution >= 4 is 11.3 Å². The summed E-state index contributed by atoms with van der Waals surface area (Å²) in [5.41, 5.74) is 2.09. The summed E-state index contributed by atoms with van der Waals surface area (Å²) in [4.78, 5) is 2.38. The number of benzene rings is 1. The SMILES string of the molecule is CCN(C/C=C/C#CC(C)(C)C)Cc1cccc(OC(C)(C)COCc2ccsc2)c1. The molecule has 0 radical (unpaired) electrons. The van der Waals surface area contributed by atoms with Gasteiger partial charge in [-0.05, 0) is 87.3 Å². The molecule has 0 aliphatic carbocycles. The smallest absolute Gasteiger partial charge is 0.127 e. The zero-order valence-electron chi connectivity index (χ0n) is 19.9. The van der Waals surface area contributed by atoms with E-state index < -0.39 is 5.60 Å². The molecule has 0 N–H and O–H groups in total. The van der Waals surface area contributed by atoms with Crippen molar-refractivity contribution in [2.24, 2.45) is 5.41 Å². The lowest BCUT2D eigenvalue weighted by Crippen LogP contribution is -2.34. The van der Waals surface area contributed by atoms with Crippen LogP contribution in [0.3, 0.4) is 0 Å². The number of thiophene rings is 1. The minimum Gasteiger partial charge on any atom is -0.485 e. The Morgan fingerprint density at radius 2 is 1.90 bits per heavy atom. The second kappa shape index (κ2) is 12.1. The van der Waals surface area contributed by atoms with E-state index >= 15 is 0 Å². The highest BCUT2D eigenvalue weighted by Crippen LogP contribution is 2.21. The van der Waals surface area contributed by atoms with E-state index in [0.29, 0.717) is 13.2 Å². The Morgan fingerprint density at radius 1 is 1.10 bits per heavy atom. The Morgan fingerprint density at radius 3 is 2.58 bits per heavy atom. The van der Waals surface area contributed by atoms with Crippen molar-refractivity contribution in [1.82, 2.24) is 4.90 Å². The van der Waals surface area contributed by atoms with Crippen LogP contribution in [-0.2, 0) is 17.9 Å². The van der Waals surface area contributed by atoms with Gasteiger partial charge < -0.3 is 9.47 Å². The maximum Gasteiger partial charge on any atom is 0.127 e. The number of nitrogens with zero attached hydrogens (tertiary/aromatic N) is 1. The van der Waals surface area contributed by atoms with Gasteiger partial charge in [-0.15, -0.1) is 0 Å². The topological polar surface area (TPSA) is 21.7 Å². The molecule has 4 heteroatoms. The summed E-state index contributed by atoms with van der Waals surface area (Å²) in [7, 11) is 0. The fraction of sp³-hybridized carbons (Fsp3) is 0.481. The second-order valence-corrected chi connectivity index (χ2v) is 10.2. The van der Waals surface area contributed by atoms with E-state index in [4.69, 9.17) is 9.47 Å². The lowest BCUT2D eigenvalue weighted by molar-refractivity contribution is -0.0101. The van der Waals surface area contributed by atoms with Gasteiger partial charge in [0.25, 0.3) is 0 Å². The Kier molecular flexibility index (Phi) is 9.84. The van der Waals surface area contributed by atoms with Crippen molar-refractivity contribution in [2.75, 3.05) is 19.7 Å². The van der Waals surface area contributed by atoms with Crippen molar-refractivity contribution in [3.05, 3.63) is 64.4 Å². The molecule has 1 aromatic carbocycles. The molecule has 0 atom stereocenters. The molecular formula is C27H37NO2S. The van der Waals surface area contributed by atoms with Crippen LogP contribution in [0, 0.1) is 17.3 Å². The molecule has 0 aliphatic rings. The van der Waals surface area contributed by atoms with Crippen LogP contribution < -0.4 is 4.74 Å². The molecular weight excluding hydrogens is 402 g/mol. The first-order valence-electron chi connectivity index (χ1n) is 10.9. The van der Waals surface area contributed by atoms with Gasteiger partial charge in [0, 0.05) is 18.5 Å². The molecule has 0 amide bonds. The molecule has 0 aliphatic heterocycles. The molecule has 0 bridgehead atoms. The van der Waals surface area contributed by atoms with Gasteiger partial charge in [0.05, 0.1) is 13.2 Å². The number of hydrogen-bond donors (Lipinski definition) is 0. The summed E-state index contributed by atoms with van der Waals surface area (Å²) < 4.78 is 12.1. The summed E-state index contributed by atoms with van der Waals surface area (Å²) >= 11 is 1.69. The largest absolute Gasteiger partial charge is 0.485 e. The molecule has 168 valence electrons. The maximum absolute atomic E-state index is 6.25. The summed E-state index contributed by atoms with van der Waals surface area (Å²) in [6.45, 7) is 16.6. The standard InChI is InChI=1S/C27H37NO2S/c1-7-28(16-10-8-9-15-26(2,3)4)19-23-12-11-13-25(18-23)30-27(5,6)22-29-20-24-14-17-31-21-24/h8,10-14,17-18,21H,7,16,19-20,22H2,1-6H3/b10-8+. The summed E-state index contributed by atoms with van der Waals surface area (Å²) in [5, 5.41) is 4.18. The van der Waals surface area contributed by atoms with Crippen molar-refractivity contribution in [1.29, 1.82) is 0 Å². The van der Waals surface area contributed by atoms with Crippen molar-refractivity contribution in [3.8, 4) is 17.6 Å². The first-order chi connectivity index (χ1) is 14.7. The van der Waals surface area contributed by atoms with Crippen molar-refractivity contribution in [2.45, 2.75) is 60.3 Å². The second-order valence-electron chi connectivity index (χ2n) is 9.38. The fourth-order valence-electron chi connectivity index (χ4n) is 2.93. The van der Waals surface area contributed by atoms with E-state index in [-0.39, 0.29) is 5.41 Å².